The molecule has 2 nitrogen and oxygen atoms in total. The van der Waals surface area contributed by atoms with Crippen LogP contribution in [0.1, 0.15) is 15.9 Å². The molecule has 0 amide bonds. The summed E-state index contributed by atoms with van der Waals surface area (Å²) in [6.07, 6.45) is 0. The first kappa shape index (κ1) is 16.4. The number of halogens is 3. The van der Waals surface area contributed by atoms with E-state index in [1.54, 1.807) is 30.3 Å². The van der Waals surface area contributed by atoms with Crippen LogP contribution in [0.5, 0.6) is 11.5 Å². The molecule has 1 unspecified atom stereocenters. The highest BCUT2D eigenvalue weighted by molar-refractivity contribution is 9.10. The molecule has 1 aliphatic heterocycles. The minimum atomic E-state index is -0.609. The van der Waals surface area contributed by atoms with Gasteiger partial charge in [0.2, 0.25) is 0 Å². The van der Waals surface area contributed by atoms with Gasteiger partial charge in [-0.1, -0.05) is 15.9 Å². The second kappa shape index (κ2) is 6.32. The van der Waals surface area contributed by atoms with Crippen molar-refractivity contribution >= 4 is 40.9 Å². The van der Waals surface area contributed by atoms with Crippen LogP contribution < -0.4 is 15.3 Å². The van der Waals surface area contributed by atoms with Crippen molar-refractivity contribution < 1.29 is 18.3 Å². The molecule has 0 saturated carbocycles. The Labute approximate surface area is 152 Å². The van der Waals surface area contributed by atoms with Crippen LogP contribution in [-0.2, 0) is 0 Å². The topological polar surface area (TPSA) is 26.3 Å². The van der Waals surface area contributed by atoms with Crippen molar-refractivity contribution in [3.8, 4) is 11.5 Å². The third kappa shape index (κ3) is 2.99. The van der Waals surface area contributed by atoms with Gasteiger partial charge in [-0.15, -0.1) is 0 Å². The lowest BCUT2D eigenvalue weighted by Crippen LogP contribution is -2.23. The molecule has 0 bridgehead atoms. The van der Waals surface area contributed by atoms with Crippen molar-refractivity contribution in [3.63, 3.8) is 0 Å². The number of hydrogen-bond donors (Lipinski definition) is 0. The molecule has 4 rings (SSSR count). The lowest BCUT2D eigenvalue weighted by atomic mass is 10.0. The normalized spacial score (nSPS) is 13.1. The van der Waals surface area contributed by atoms with Gasteiger partial charge in [-0.05, 0) is 63.2 Å². The number of ether oxygens (including phenoxy) is 1. The van der Waals surface area contributed by atoms with Gasteiger partial charge in [0, 0.05) is 20.6 Å². The summed E-state index contributed by atoms with van der Waals surface area (Å²) in [5, 5.41) is 1.08. The molecule has 0 saturated heterocycles. The number of carbonyl (C=O) groups is 1. The third-order valence-electron chi connectivity index (χ3n) is 3.87. The van der Waals surface area contributed by atoms with E-state index in [0.29, 0.717) is 27.7 Å². The second-order valence-electron chi connectivity index (χ2n) is 5.50. The van der Waals surface area contributed by atoms with Crippen LogP contribution in [0.4, 0.5) is 8.78 Å². The van der Waals surface area contributed by atoms with Gasteiger partial charge in [-0.25, -0.2) is 8.78 Å². The number of fused-ring (bicyclic) bond motifs is 2. The molecule has 0 aliphatic carbocycles. The zero-order valence-electron chi connectivity index (χ0n) is 12.6. The van der Waals surface area contributed by atoms with Gasteiger partial charge < -0.3 is 4.74 Å². The van der Waals surface area contributed by atoms with Crippen LogP contribution in [-0.4, -0.2) is 5.78 Å². The van der Waals surface area contributed by atoms with Gasteiger partial charge in [-0.3, -0.25) is 4.79 Å². The van der Waals surface area contributed by atoms with Crippen molar-refractivity contribution in [2.75, 3.05) is 0 Å². The van der Waals surface area contributed by atoms with E-state index in [2.05, 4.69) is 15.9 Å². The Kier molecular flexibility index (Phi) is 4.14. The van der Waals surface area contributed by atoms with E-state index < -0.39 is 17.4 Å². The zero-order valence-corrected chi connectivity index (χ0v) is 15.2. The van der Waals surface area contributed by atoms with Crippen molar-refractivity contribution in [3.05, 3.63) is 81.8 Å². The molecule has 0 fully saturated rings. The number of hydrogen-bond acceptors (Lipinski definition) is 2. The fraction of sp³-hybridized carbons (Fsp3) is 0. The molecule has 0 radical (unpaired) electrons. The molecule has 6 heteroatoms. The van der Waals surface area contributed by atoms with Crippen LogP contribution in [0.3, 0.4) is 0 Å². The second-order valence-corrected chi connectivity index (χ2v) is 7.70. The van der Waals surface area contributed by atoms with Crippen molar-refractivity contribution in [1.29, 1.82) is 0 Å². The summed E-state index contributed by atoms with van der Waals surface area (Å²) in [7, 11) is -0.0643. The van der Waals surface area contributed by atoms with E-state index in [-0.39, 0.29) is 14.1 Å². The average Bonchev–Trinajstić information content (AvgIpc) is 2.60. The van der Waals surface area contributed by atoms with E-state index in [0.717, 1.165) is 4.47 Å². The zero-order chi connectivity index (χ0) is 17.6. The van der Waals surface area contributed by atoms with E-state index in [1.165, 1.54) is 24.3 Å². The van der Waals surface area contributed by atoms with E-state index in [1.807, 2.05) is 0 Å². The van der Waals surface area contributed by atoms with E-state index >= 15 is 0 Å². The first-order valence-electron chi connectivity index (χ1n) is 7.40. The van der Waals surface area contributed by atoms with Crippen molar-refractivity contribution in [2.45, 2.75) is 0 Å². The Bertz CT molecular complexity index is 1000. The molecule has 0 aromatic heterocycles. The Morgan fingerprint density at radius 2 is 1.68 bits per heavy atom. The number of rotatable bonds is 2. The van der Waals surface area contributed by atoms with Crippen molar-refractivity contribution in [2.24, 2.45) is 0 Å². The maximum Gasteiger partial charge on any atom is 0.196 e. The van der Waals surface area contributed by atoms with Gasteiger partial charge in [0.1, 0.15) is 23.1 Å². The Hall–Kier alpha value is -2.10. The number of benzene rings is 3. The highest BCUT2D eigenvalue weighted by Crippen LogP contribution is 2.36. The fourth-order valence-corrected chi connectivity index (χ4v) is 4.29. The Morgan fingerprint density at radius 1 is 0.960 bits per heavy atom. The highest BCUT2D eigenvalue weighted by Gasteiger charge is 2.26. The third-order valence-corrected chi connectivity index (χ3v) is 5.81. The molecule has 25 heavy (non-hydrogen) atoms. The van der Waals surface area contributed by atoms with Gasteiger partial charge in [0.25, 0.3) is 0 Å². The summed E-state index contributed by atoms with van der Waals surface area (Å²) < 4.78 is 34.6. The minimum absolute atomic E-state index is 0.0203. The number of carbonyl (C=O) groups excluding carboxylic acids is 1. The lowest BCUT2D eigenvalue weighted by Gasteiger charge is -2.22. The molecule has 124 valence electrons. The maximum atomic E-state index is 14.5. The summed E-state index contributed by atoms with van der Waals surface area (Å²) in [4.78, 5) is 12.8. The van der Waals surface area contributed by atoms with Crippen LogP contribution in [0.15, 0.2) is 59.1 Å². The van der Waals surface area contributed by atoms with Crippen LogP contribution in [0.25, 0.3) is 0 Å². The molecule has 3 aromatic rings. The molecule has 0 spiro atoms. The minimum Gasteiger partial charge on any atom is -0.456 e. The first-order chi connectivity index (χ1) is 12.0. The molecule has 1 heterocycles. The van der Waals surface area contributed by atoms with E-state index in [9.17, 15) is 13.6 Å². The Balaban J connectivity index is 1.83. The average molecular weight is 419 g/mol. The van der Waals surface area contributed by atoms with Gasteiger partial charge in [0.05, 0.1) is 5.56 Å². The summed E-state index contributed by atoms with van der Waals surface area (Å²) >= 11 is 3.31. The Morgan fingerprint density at radius 3 is 2.44 bits per heavy atom. The van der Waals surface area contributed by atoms with E-state index in [4.69, 9.17) is 4.74 Å². The molecular formula is C19H10BrF2O2P. The first-order valence-corrected chi connectivity index (χ1v) is 9.19. The highest BCUT2D eigenvalue weighted by atomic mass is 79.9. The summed E-state index contributed by atoms with van der Waals surface area (Å²) in [5.74, 6) is -0.462. The predicted molar refractivity (Wildman–Crippen MR) is 98.0 cm³/mol. The van der Waals surface area contributed by atoms with Gasteiger partial charge in [0.15, 0.2) is 5.78 Å². The molecule has 1 aliphatic rings. The summed E-state index contributed by atoms with van der Waals surface area (Å²) in [6.45, 7) is 0. The molecule has 3 aromatic carbocycles. The number of ketones is 1. The molecule has 1 atom stereocenters. The standard InChI is InChI=1S/C19H10BrF2O2P/c20-11-3-1-10(2-4-11)18(23)17-13(22)6-8-15-19(17)25-16-9-12(21)5-7-14(16)24-15/h1-9,25H. The largest absolute Gasteiger partial charge is 0.456 e. The van der Waals surface area contributed by atoms with Gasteiger partial charge >= 0.3 is 0 Å². The van der Waals surface area contributed by atoms with Crippen LogP contribution >= 0.6 is 24.5 Å². The smallest absolute Gasteiger partial charge is 0.196 e. The molecule has 0 N–H and O–H groups in total. The SMILES string of the molecule is O=C(c1ccc(Br)cc1)c1c(F)ccc2c1Pc1cc(F)ccc1O2. The van der Waals surface area contributed by atoms with Crippen molar-refractivity contribution in [1.82, 2.24) is 0 Å². The van der Waals surface area contributed by atoms with Crippen LogP contribution in [0, 0.1) is 11.6 Å². The van der Waals surface area contributed by atoms with Gasteiger partial charge in [-0.2, -0.15) is 0 Å². The monoisotopic (exact) mass is 418 g/mol. The van der Waals surface area contributed by atoms with Crippen LogP contribution in [0.2, 0.25) is 0 Å². The lowest BCUT2D eigenvalue weighted by molar-refractivity contribution is 0.103. The maximum absolute atomic E-state index is 14.5. The molecular weight excluding hydrogens is 409 g/mol. The summed E-state index contributed by atoms with van der Waals surface area (Å²) in [6, 6.07) is 13.7. The summed E-state index contributed by atoms with van der Waals surface area (Å²) in [5.41, 5.74) is 0.360. The quantitative estimate of drug-likeness (QED) is 0.348. The fourth-order valence-electron chi connectivity index (χ4n) is 2.68. The predicted octanol–water partition coefficient (Wildman–Crippen LogP) is 4.69.